The Balaban J connectivity index is 1.29. The van der Waals surface area contributed by atoms with Gasteiger partial charge in [0.2, 0.25) is 5.91 Å². The van der Waals surface area contributed by atoms with E-state index in [9.17, 15) is 9.90 Å². The fraction of sp³-hybridized carbons (Fsp3) is 0.387. The second-order valence-electron chi connectivity index (χ2n) is 10.7. The summed E-state index contributed by atoms with van der Waals surface area (Å²) < 4.78 is 0. The second-order valence-corrected chi connectivity index (χ2v) is 10.7. The van der Waals surface area contributed by atoms with Crippen molar-refractivity contribution in [3.63, 3.8) is 0 Å². The highest BCUT2D eigenvalue weighted by atomic mass is 16.3. The third-order valence-corrected chi connectivity index (χ3v) is 8.61. The van der Waals surface area contributed by atoms with Crippen LogP contribution < -0.4 is 5.32 Å². The van der Waals surface area contributed by atoms with E-state index in [0.29, 0.717) is 19.5 Å². The van der Waals surface area contributed by atoms with Gasteiger partial charge >= 0.3 is 0 Å². The van der Waals surface area contributed by atoms with E-state index in [1.165, 1.54) is 5.56 Å². The van der Waals surface area contributed by atoms with Crippen molar-refractivity contribution >= 4 is 5.91 Å². The van der Waals surface area contributed by atoms with Crippen LogP contribution in [0.4, 0.5) is 0 Å². The Hall–Kier alpha value is -2.99. The number of nitrogens with zero attached hydrogens (tertiary/aromatic N) is 2. The molecule has 186 valence electrons. The zero-order valence-corrected chi connectivity index (χ0v) is 20.7. The molecule has 0 aromatic heterocycles. The molecule has 3 saturated heterocycles. The molecule has 0 saturated carbocycles. The summed E-state index contributed by atoms with van der Waals surface area (Å²) in [6.07, 6.45) is 2.72. The van der Waals surface area contributed by atoms with Crippen LogP contribution in [-0.4, -0.2) is 57.1 Å². The minimum absolute atomic E-state index is 0.190. The first-order valence-corrected chi connectivity index (χ1v) is 13.3. The van der Waals surface area contributed by atoms with Crippen LogP contribution in [0.15, 0.2) is 91.0 Å². The van der Waals surface area contributed by atoms with E-state index in [4.69, 9.17) is 0 Å². The number of aliphatic hydroxyl groups is 1. The average molecular weight is 482 g/mol. The highest BCUT2D eigenvalue weighted by Gasteiger charge is 2.63. The molecule has 0 spiro atoms. The van der Waals surface area contributed by atoms with E-state index in [-0.39, 0.29) is 24.0 Å². The normalized spacial score (nSPS) is 29.8. The summed E-state index contributed by atoms with van der Waals surface area (Å²) in [4.78, 5) is 18.9. The number of nitrogens with one attached hydrogen (secondary N) is 1. The van der Waals surface area contributed by atoms with Crippen molar-refractivity contribution in [2.24, 2.45) is 0 Å². The van der Waals surface area contributed by atoms with Crippen molar-refractivity contribution in [2.45, 2.75) is 68.5 Å². The second kappa shape index (κ2) is 9.81. The summed E-state index contributed by atoms with van der Waals surface area (Å²) in [7, 11) is 0. The predicted octanol–water partition coefficient (Wildman–Crippen LogP) is 3.77. The van der Waals surface area contributed by atoms with Crippen molar-refractivity contribution in [3.05, 3.63) is 108 Å². The van der Waals surface area contributed by atoms with E-state index in [2.05, 4.69) is 58.7 Å². The van der Waals surface area contributed by atoms with Gasteiger partial charge in [-0.1, -0.05) is 91.0 Å². The van der Waals surface area contributed by atoms with Gasteiger partial charge in [0.25, 0.3) is 0 Å². The lowest BCUT2D eigenvalue weighted by atomic mass is 9.83. The average Bonchev–Trinajstić information content (AvgIpc) is 3.40. The van der Waals surface area contributed by atoms with E-state index in [0.717, 1.165) is 36.9 Å². The van der Waals surface area contributed by atoms with E-state index >= 15 is 0 Å². The Bertz CT molecular complexity index is 1170. The fourth-order valence-corrected chi connectivity index (χ4v) is 6.84. The number of benzene rings is 3. The largest absolute Gasteiger partial charge is 0.390 e. The van der Waals surface area contributed by atoms with Gasteiger partial charge in [0, 0.05) is 31.7 Å². The highest BCUT2D eigenvalue weighted by Crippen LogP contribution is 2.49. The van der Waals surface area contributed by atoms with Gasteiger partial charge in [-0.3, -0.25) is 9.69 Å². The monoisotopic (exact) mass is 481 g/mol. The first-order chi connectivity index (χ1) is 17.6. The molecule has 3 aliphatic rings. The van der Waals surface area contributed by atoms with Crippen molar-refractivity contribution in [1.29, 1.82) is 0 Å². The molecular weight excluding hydrogens is 446 g/mol. The van der Waals surface area contributed by atoms with Gasteiger partial charge in [0.05, 0.1) is 12.1 Å². The maximum atomic E-state index is 14.5. The quantitative estimate of drug-likeness (QED) is 0.540. The molecule has 2 N–H and O–H groups in total. The van der Waals surface area contributed by atoms with Crippen LogP contribution in [0.25, 0.3) is 0 Å². The number of amides is 1. The lowest BCUT2D eigenvalue weighted by molar-refractivity contribution is -0.143. The van der Waals surface area contributed by atoms with Gasteiger partial charge in [-0.05, 0) is 42.4 Å². The van der Waals surface area contributed by atoms with Gasteiger partial charge in [0.1, 0.15) is 5.54 Å². The Labute approximate surface area is 213 Å². The SMILES string of the molecule is O=C1N(Cc2ccccc2)[C@H](Cc2ccccc2)[C@H](O)CN2[C@@H]3CC[C@]12C[C@@H]3NCc1ccccc1. The molecule has 6 rings (SSSR count). The minimum Gasteiger partial charge on any atom is -0.390 e. The molecule has 3 aromatic rings. The highest BCUT2D eigenvalue weighted by molar-refractivity contribution is 5.88. The van der Waals surface area contributed by atoms with Crippen LogP contribution in [0.2, 0.25) is 0 Å². The minimum atomic E-state index is -0.604. The fourth-order valence-electron chi connectivity index (χ4n) is 6.84. The van der Waals surface area contributed by atoms with Crippen LogP contribution in [0.1, 0.15) is 36.0 Å². The number of carbonyl (C=O) groups is 1. The summed E-state index contributed by atoms with van der Waals surface area (Å²) in [6, 6.07) is 31.2. The Kier molecular flexibility index (Phi) is 6.38. The Morgan fingerprint density at radius 1 is 0.861 bits per heavy atom. The van der Waals surface area contributed by atoms with Gasteiger partial charge in [-0.25, -0.2) is 0 Å². The molecule has 5 atom stereocenters. The third-order valence-electron chi connectivity index (χ3n) is 8.61. The lowest BCUT2D eigenvalue weighted by Crippen LogP contribution is -2.54. The summed E-state index contributed by atoms with van der Waals surface area (Å²) >= 11 is 0. The molecule has 0 aliphatic carbocycles. The van der Waals surface area contributed by atoms with E-state index in [1.807, 2.05) is 47.4 Å². The molecule has 3 heterocycles. The van der Waals surface area contributed by atoms with Crippen LogP contribution in [0.5, 0.6) is 0 Å². The Morgan fingerprint density at radius 3 is 2.14 bits per heavy atom. The Morgan fingerprint density at radius 2 is 1.47 bits per heavy atom. The predicted molar refractivity (Wildman–Crippen MR) is 141 cm³/mol. The van der Waals surface area contributed by atoms with Crippen LogP contribution >= 0.6 is 0 Å². The summed E-state index contributed by atoms with van der Waals surface area (Å²) in [5, 5.41) is 15.4. The molecule has 0 unspecified atom stereocenters. The molecule has 5 nitrogen and oxygen atoms in total. The van der Waals surface area contributed by atoms with Crippen molar-refractivity contribution in [1.82, 2.24) is 15.1 Å². The molecule has 1 amide bonds. The topological polar surface area (TPSA) is 55.8 Å². The molecule has 0 radical (unpaired) electrons. The number of carbonyl (C=O) groups excluding carboxylic acids is 1. The maximum absolute atomic E-state index is 14.5. The zero-order valence-electron chi connectivity index (χ0n) is 20.7. The van der Waals surface area contributed by atoms with Gasteiger partial charge in [-0.2, -0.15) is 0 Å². The van der Waals surface area contributed by atoms with Crippen LogP contribution in [0, 0.1) is 0 Å². The first-order valence-electron chi connectivity index (χ1n) is 13.3. The molecule has 3 aromatic carbocycles. The van der Waals surface area contributed by atoms with Gasteiger partial charge in [-0.15, -0.1) is 0 Å². The van der Waals surface area contributed by atoms with Crippen molar-refractivity contribution < 1.29 is 9.90 Å². The number of rotatable bonds is 7. The lowest BCUT2D eigenvalue weighted by Gasteiger charge is -2.38. The number of aliphatic hydroxyl groups excluding tert-OH is 1. The first kappa shape index (κ1) is 23.4. The molecule has 5 heteroatoms. The maximum Gasteiger partial charge on any atom is 0.243 e. The molecule has 36 heavy (non-hydrogen) atoms. The van der Waals surface area contributed by atoms with Crippen LogP contribution in [-0.2, 0) is 24.3 Å². The third kappa shape index (κ3) is 4.26. The molecule has 2 bridgehead atoms. The van der Waals surface area contributed by atoms with Crippen molar-refractivity contribution in [3.8, 4) is 0 Å². The summed E-state index contributed by atoms with van der Waals surface area (Å²) in [5.41, 5.74) is 2.99. The number of hydrogen-bond acceptors (Lipinski definition) is 4. The van der Waals surface area contributed by atoms with Crippen molar-refractivity contribution in [2.75, 3.05) is 6.54 Å². The number of β-amino-alcohol motifs (C(OH)–C–C–N with tert-alkyl or cyclic N) is 1. The van der Waals surface area contributed by atoms with Gasteiger partial charge in [0.15, 0.2) is 0 Å². The van der Waals surface area contributed by atoms with Crippen LogP contribution in [0.3, 0.4) is 0 Å². The standard InChI is InChI=1S/C31H35N3O2/c35-29-22-34-27-16-17-31(34,19-26(27)32-20-24-12-6-2-7-13-24)30(36)33(21-25-14-8-3-9-15-25)28(29)18-23-10-4-1-5-11-23/h1-15,26-29,32,35H,16-22H2/t26-,27+,28+,29+,31-/m0/s1. The molecular formula is C31H35N3O2. The van der Waals surface area contributed by atoms with Gasteiger partial charge < -0.3 is 15.3 Å². The van der Waals surface area contributed by atoms with E-state index < -0.39 is 11.6 Å². The zero-order chi connectivity index (χ0) is 24.5. The smallest absolute Gasteiger partial charge is 0.243 e. The molecule has 3 fully saturated rings. The summed E-state index contributed by atoms with van der Waals surface area (Å²) in [6.45, 7) is 1.87. The molecule has 3 aliphatic heterocycles. The van der Waals surface area contributed by atoms with E-state index in [1.54, 1.807) is 0 Å². The number of hydrogen-bond donors (Lipinski definition) is 2. The summed E-state index contributed by atoms with van der Waals surface area (Å²) in [5.74, 6) is 0.190.